The van der Waals surface area contributed by atoms with Crippen LogP contribution < -0.4 is 0 Å². The van der Waals surface area contributed by atoms with Gasteiger partial charge >= 0.3 is 0 Å². The first-order chi connectivity index (χ1) is 14.2. The van der Waals surface area contributed by atoms with E-state index >= 15 is 0 Å². The molecule has 4 aromatic rings. The molecule has 0 unspecified atom stereocenters. The molecule has 0 N–H and O–H groups in total. The molecule has 0 saturated heterocycles. The molecule has 0 amide bonds. The Bertz CT molecular complexity index is 1260. The van der Waals surface area contributed by atoms with Crippen LogP contribution in [0.4, 0.5) is 0 Å². The first kappa shape index (κ1) is 17.5. The van der Waals surface area contributed by atoms with Gasteiger partial charge in [0, 0.05) is 28.4 Å². The second kappa shape index (κ2) is 6.80. The zero-order valence-corrected chi connectivity index (χ0v) is 16.5. The maximum absolute atomic E-state index is 9.66. The normalized spacial score (nSPS) is 13.2. The largest absolute Gasteiger partial charge is 0.341 e. The van der Waals surface area contributed by atoms with Crippen molar-refractivity contribution < 1.29 is 0 Å². The minimum absolute atomic E-state index is 0.699. The Morgan fingerprint density at radius 1 is 0.724 bits per heavy atom. The van der Waals surface area contributed by atoms with Gasteiger partial charge in [-0.2, -0.15) is 10.5 Å². The molecule has 2 aliphatic carbocycles. The van der Waals surface area contributed by atoms with Gasteiger partial charge in [-0.3, -0.25) is 0 Å². The molecule has 0 radical (unpaired) electrons. The van der Waals surface area contributed by atoms with Gasteiger partial charge in [-0.25, -0.2) is 0 Å². The van der Waals surface area contributed by atoms with Crippen LogP contribution in [-0.4, -0.2) is 4.57 Å². The number of nitrogens with zero attached hydrogens (tertiary/aromatic N) is 3. The lowest BCUT2D eigenvalue weighted by atomic mass is 9.91. The third-order valence-electron chi connectivity index (χ3n) is 6.25. The Morgan fingerprint density at radius 2 is 1.21 bits per heavy atom. The summed E-state index contributed by atoms with van der Waals surface area (Å²) >= 11 is 0. The fourth-order valence-corrected chi connectivity index (χ4v) is 4.72. The van der Waals surface area contributed by atoms with Crippen molar-refractivity contribution >= 4 is 21.8 Å². The predicted molar refractivity (Wildman–Crippen MR) is 116 cm³/mol. The lowest BCUT2D eigenvalue weighted by Gasteiger charge is -2.11. The molecule has 6 bridgehead atoms. The van der Waals surface area contributed by atoms with Gasteiger partial charge in [0.2, 0.25) is 0 Å². The lowest BCUT2D eigenvalue weighted by Crippen LogP contribution is -2.01. The van der Waals surface area contributed by atoms with Gasteiger partial charge in [0.1, 0.15) is 0 Å². The van der Waals surface area contributed by atoms with E-state index in [1.54, 1.807) is 0 Å². The van der Waals surface area contributed by atoms with Crippen LogP contribution in [0.5, 0.6) is 0 Å². The maximum Gasteiger partial charge on any atom is 0.0994 e. The summed E-state index contributed by atoms with van der Waals surface area (Å²) in [6.07, 6.45) is 3.24. The molecular formula is C26H21N3. The number of aryl methyl sites for hydroxylation is 5. The fraction of sp³-hybridized carbons (Fsp3) is 0.231. The van der Waals surface area contributed by atoms with Crippen LogP contribution >= 0.6 is 0 Å². The summed E-state index contributed by atoms with van der Waals surface area (Å²) < 4.78 is 2.38. The van der Waals surface area contributed by atoms with Gasteiger partial charge in [0.25, 0.3) is 0 Å². The zero-order chi connectivity index (χ0) is 20.0. The first-order valence-corrected chi connectivity index (χ1v) is 10.2. The van der Waals surface area contributed by atoms with Crippen LogP contribution in [0.1, 0.15) is 40.3 Å². The molecule has 3 heteroatoms. The molecule has 140 valence electrons. The molecule has 0 atom stereocenters. The summed E-state index contributed by atoms with van der Waals surface area (Å²) in [7, 11) is 0. The second-order valence-electron chi connectivity index (χ2n) is 7.84. The zero-order valence-electron chi connectivity index (χ0n) is 16.5. The summed E-state index contributed by atoms with van der Waals surface area (Å²) in [6, 6.07) is 22.0. The van der Waals surface area contributed by atoms with Crippen molar-refractivity contribution in [2.75, 3.05) is 0 Å². The lowest BCUT2D eigenvalue weighted by molar-refractivity contribution is 0.826. The van der Waals surface area contributed by atoms with Crippen molar-refractivity contribution in [1.82, 2.24) is 4.57 Å². The molecule has 29 heavy (non-hydrogen) atoms. The van der Waals surface area contributed by atoms with Crippen molar-refractivity contribution in [2.45, 2.75) is 39.2 Å². The summed E-state index contributed by atoms with van der Waals surface area (Å²) in [5, 5.41) is 21.9. The highest BCUT2D eigenvalue weighted by Crippen LogP contribution is 2.32. The highest BCUT2D eigenvalue weighted by atomic mass is 15.0. The first-order valence-electron chi connectivity index (χ1n) is 10.2. The maximum atomic E-state index is 9.66. The second-order valence-corrected chi connectivity index (χ2v) is 7.84. The number of hydrogen-bond donors (Lipinski definition) is 0. The van der Waals surface area contributed by atoms with Gasteiger partial charge in [0.05, 0.1) is 23.3 Å². The standard InChI is InChI=1S/C26H21N3/c1-2-29-25-9-5-17-3-7-19-13-22(16-28)20(14-21(19)15-27)8-4-18-6-10-26(29)24(12-18)23(25)11-17/h5-6,9-14H,2-4,7-8H2,1H3. The molecule has 1 heterocycles. The van der Waals surface area contributed by atoms with Crippen LogP contribution in [0.25, 0.3) is 21.8 Å². The summed E-state index contributed by atoms with van der Waals surface area (Å²) in [5.74, 6) is 0. The number of nitriles is 2. The highest BCUT2D eigenvalue weighted by Gasteiger charge is 2.15. The molecule has 0 spiro atoms. The Labute approximate surface area is 170 Å². The molecule has 1 aromatic heterocycles. The van der Waals surface area contributed by atoms with E-state index in [0.29, 0.717) is 11.1 Å². The van der Waals surface area contributed by atoms with Crippen LogP contribution in [0.3, 0.4) is 0 Å². The van der Waals surface area contributed by atoms with E-state index in [9.17, 15) is 10.5 Å². The van der Waals surface area contributed by atoms with Crippen molar-refractivity contribution in [2.24, 2.45) is 0 Å². The van der Waals surface area contributed by atoms with E-state index in [1.807, 2.05) is 12.1 Å². The number of rotatable bonds is 1. The van der Waals surface area contributed by atoms with Crippen LogP contribution in [0.2, 0.25) is 0 Å². The third-order valence-corrected chi connectivity index (χ3v) is 6.25. The topological polar surface area (TPSA) is 52.5 Å². The Kier molecular flexibility index (Phi) is 4.11. The minimum Gasteiger partial charge on any atom is -0.341 e. The molecule has 6 rings (SSSR count). The van der Waals surface area contributed by atoms with Crippen molar-refractivity contribution in [3.63, 3.8) is 0 Å². The minimum atomic E-state index is 0.699. The van der Waals surface area contributed by atoms with E-state index in [-0.39, 0.29) is 0 Å². The van der Waals surface area contributed by atoms with E-state index in [4.69, 9.17) is 0 Å². The van der Waals surface area contributed by atoms with Gasteiger partial charge in [-0.15, -0.1) is 0 Å². The Hall–Kier alpha value is -3.56. The average Bonchev–Trinajstić information content (AvgIpc) is 3.08. The number of aromatic nitrogens is 1. The SMILES string of the molecule is CCn1c2ccc3cc2c2cc(ccc21)CCc1cc(C#N)c(cc1C#N)CC3. The van der Waals surface area contributed by atoms with Crippen molar-refractivity contribution in [3.8, 4) is 12.1 Å². The van der Waals surface area contributed by atoms with E-state index in [2.05, 4.69) is 60.0 Å². The van der Waals surface area contributed by atoms with Gasteiger partial charge < -0.3 is 4.57 Å². The van der Waals surface area contributed by atoms with Crippen LogP contribution in [0.15, 0.2) is 48.5 Å². The van der Waals surface area contributed by atoms with Crippen molar-refractivity contribution in [3.05, 3.63) is 81.9 Å². The highest BCUT2D eigenvalue weighted by molar-refractivity contribution is 6.08. The third kappa shape index (κ3) is 2.79. The van der Waals surface area contributed by atoms with Crippen LogP contribution in [-0.2, 0) is 32.2 Å². The smallest absolute Gasteiger partial charge is 0.0994 e. The molecule has 3 nitrogen and oxygen atoms in total. The molecule has 0 aliphatic heterocycles. The van der Waals surface area contributed by atoms with Gasteiger partial charge in [0.15, 0.2) is 0 Å². The fourth-order valence-electron chi connectivity index (χ4n) is 4.72. The molecule has 2 aliphatic rings. The number of hydrogen-bond acceptors (Lipinski definition) is 2. The Morgan fingerprint density at radius 3 is 1.62 bits per heavy atom. The van der Waals surface area contributed by atoms with Gasteiger partial charge in [-0.1, -0.05) is 12.1 Å². The molecule has 0 fully saturated rings. The molecular weight excluding hydrogens is 354 g/mol. The Balaban J connectivity index is 1.76. The predicted octanol–water partition coefficient (Wildman–Crippen LogP) is 5.44. The molecule has 0 saturated carbocycles. The van der Waals surface area contributed by atoms with Crippen LogP contribution in [0, 0.1) is 22.7 Å². The van der Waals surface area contributed by atoms with E-state index in [1.165, 1.54) is 32.9 Å². The van der Waals surface area contributed by atoms with Crippen molar-refractivity contribution in [1.29, 1.82) is 10.5 Å². The molecule has 3 aromatic carbocycles. The summed E-state index contributed by atoms with van der Waals surface area (Å²) in [4.78, 5) is 0. The summed E-state index contributed by atoms with van der Waals surface area (Å²) in [6.45, 7) is 3.14. The quantitative estimate of drug-likeness (QED) is 0.445. The number of fused-ring (bicyclic) bond motifs is 4. The van der Waals surface area contributed by atoms with Gasteiger partial charge in [-0.05, 0) is 91.3 Å². The van der Waals surface area contributed by atoms with E-state index in [0.717, 1.165) is 43.4 Å². The summed E-state index contributed by atoms with van der Waals surface area (Å²) in [5.41, 5.74) is 8.44. The monoisotopic (exact) mass is 375 g/mol. The average molecular weight is 375 g/mol. The van der Waals surface area contributed by atoms with E-state index < -0.39 is 0 Å². The number of benzene rings is 3.